The molecule has 1 aromatic rings. The summed E-state index contributed by atoms with van der Waals surface area (Å²) in [5.74, 6) is 0. The number of hydrazone groups is 1. The Bertz CT molecular complexity index is 311. The minimum atomic E-state index is 1.08. The van der Waals surface area contributed by atoms with Crippen LogP contribution in [0.25, 0.3) is 0 Å². The summed E-state index contributed by atoms with van der Waals surface area (Å²) >= 11 is 0. The lowest BCUT2D eigenvalue weighted by Gasteiger charge is -1.99. The normalized spacial score (nSPS) is 15.0. The third-order valence-electron chi connectivity index (χ3n) is 2.04. The first-order valence-electron chi connectivity index (χ1n) is 4.64. The van der Waals surface area contributed by atoms with Crippen LogP contribution >= 0.6 is 21.8 Å². The first-order chi connectivity index (χ1) is 6.95. The Kier molecular flexibility index (Phi) is 3.77. The minimum absolute atomic E-state index is 1.08. The van der Waals surface area contributed by atoms with E-state index < -0.39 is 0 Å². The van der Waals surface area contributed by atoms with Crippen molar-refractivity contribution in [1.82, 2.24) is 4.83 Å². The Labute approximate surface area is 92.1 Å². The van der Waals surface area contributed by atoms with E-state index in [4.69, 9.17) is 0 Å². The zero-order chi connectivity index (χ0) is 9.64. The predicted molar refractivity (Wildman–Crippen MR) is 65.1 cm³/mol. The van der Waals surface area contributed by atoms with Crippen molar-refractivity contribution in [1.29, 1.82) is 0 Å². The molecular weight excluding hydrogens is 212 g/mol. The predicted octanol–water partition coefficient (Wildman–Crippen LogP) is 3.22. The second-order valence-electron chi connectivity index (χ2n) is 3.10. The molecule has 1 N–H and O–H groups in total. The molecule has 1 aliphatic rings. The van der Waals surface area contributed by atoms with Crippen LogP contribution in [0, 0.1) is 0 Å². The standard InChI is InChI=1S/C10H12N2S2/c1-2-5-9(6-3-1)7-4-8-10-11-12-14-13-10/h1-3,5-6,12H,4,7-8H2. The number of benzene rings is 1. The molecule has 0 bridgehead atoms. The van der Waals surface area contributed by atoms with E-state index in [1.165, 1.54) is 17.0 Å². The van der Waals surface area contributed by atoms with Crippen LogP contribution in [-0.4, -0.2) is 5.04 Å². The first kappa shape index (κ1) is 9.93. The number of hydrogen-bond donors (Lipinski definition) is 1. The molecule has 4 heteroatoms. The molecule has 1 aliphatic heterocycles. The fourth-order valence-electron chi connectivity index (χ4n) is 1.34. The van der Waals surface area contributed by atoms with E-state index >= 15 is 0 Å². The maximum absolute atomic E-state index is 4.16. The van der Waals surface area contributed by atoms with Crippen LogP contribution in [0.3, 0.4) is 0 Å². The van der Waals surface area contributed by atoms with E-state index in [0.717, 1.165) is 12.8 Å². The maximum Gasteiger partial charge on any atom is 0.106 e. The van der Waals surface area contributed by atoms with Crippen molar-refractivity contribution >= 4 is 26.8 Å². The van der Waals surface area contributed by atoms with E-state index in [0.29, 0.717) is 0 Å². The lowest BCUT2D eigenvalue weighted by molar-refractivity contribution is 0.867. The summed E-state index contributed by atoms with van der Waals surface area (Å²) in [5, 5.41) is 5.37. The highest BCUT2D eigenvalue weighted by Crippen LogP contribution is 2.27. The second kappa shape index (κ2) is 5.32. The van der Waals surface area contributed by atoms with Crippen molar-refractivity contribution in [2.75, 3.05) is 0 Å². The molecular formula is C10H12N2S2. The van der Waals surface area contributed by atoms with E-state index in [9.17, 15) is 0 Å². The maximum atomic E-state index is 4.16. The van der Waals surface area contributed by atoms with Gasteiger partial charge in [-0.25, -0.2) is 4.83 Å². The average Bonchev–Trinajstić information content (AvgIpc) is 2.72. The quantitative estimate of drug-likeness (QED) is 0.627. The molecule has 0 spiro atoms. The molecule has 0 atom stereocenters. The molecule has 0 aromatic heterocycles. The van der Waals surface area contributed by atoms with Crippen molar-refractivity contribution < 1.29 is 0 Å². The first-order valence-corrected chi connectivity index (χ1v) is 6.79. The molecule has 0 aliphatic carbocycles. The van der Waals surface area contributed by atoms with Crippen molar-refractivity contribution in [2.45, 2.75) is 19.3 Å². The molecule has 0 fully saturated rings. The second-order valence-corrected chi connectivity index (χ2v) is 5.09. The smallest absolute Gasteiger partial charge is 0.106 e. The van der Waals surface area contributed by atoms with Gasteiger partial charge in [-0.3, -0.25) is 0 Å². The monoisotopic (exact) mass is 224 g/mol. The highest BCUT2D eigenvalue weighted by molar-refractivity contribution is 8.82. The van der Waals surface area contributed by atoms with Gasteiger partial charge in [0.2, 0.25) is 0 Å². The molecule has 0 saturated heterocycles. The molecule has 0 saturated carbocycles. The fourth-order valence-corrected chi connectivity index (χ4v) is 2.86. The average molecular weight is 224 g/mol. The molecule has 1 heterocycles. The van der Waals surface area contributed by atoms with Crippen LogP contribution in [-0.2, 0) is 6.42 Å². The third-order valence-corrected chi connectivity index (χ3v) is 3.83. The van der Waals surface area contributed by atoms with Gasteiger partial charge >= 0.3 is 0 Å². The lowest BCUT2D eigenvalue weighted by atomic mass is 10.1. The number of nitrogens with zero attached hydrogens (tertiary/aromatic N) is 1. The molecule has 0 unspecified atom stereocenters. The highest BCUT2D eigenvalue weighted by Gasteiger charge is 2.07. The molecule has 2 rings (SSSR count). The summed E-state index contributed by atoms with van der Waals surface area (Å²) in [6.07, 6.45) is 3.41. The van der Waals surface area contributed by atoms with Gasteiger partial charge in [0, 0.05) is 11.0 Å². The Hall–Kier alpha value is -0.610. The van der Waals surface area contributed by atoms with Gasteiger partial charge in [0.05, 0.1) is 0 Å². The molecule has 0 radical (unpaired) electrons. The number of nitrogens with one attached hydrogen (secondary N) is 1. The summed E-state index contributed by atoms with van der Waals surface area (Å²) in [6.45, 7) is 0. The lowest BCUT2D eigenvalue weighted by Crippen LogP contribution is -1.92. The summed E-state index contributed by atoms with van der Waals surface area (Å²) in [5.41, 5.74) is 1.41. The van der Waals surface area contributed by atoms with Gasteiger partial charge in [-0.2, -0.15) is 5.10 Å². The number of hydrogen-bond acceptors (Lipinski definition) is 4. The van der Waals surface area contributed by atoms with Gasteiger partial charge in [0.25, 0.3) is 0 Å². The zero-order valence-corrected chi connectivity index (χ0v) is 9.40. The molecule has 74 valence electrons. The van der Waals surface area contributed by atoms with Crippen LogP contribution in [0.2, 0.25) is 0 Å². The van der Waals surface area contributed by atoms with Crippen LogP contribution in [0.5, 0.6) is 0 Å². The summed E-state index contributed by atoms with van der Waals surface area (Å²) in [6, 6.07) is 10.6. The molecule has 14 heavy (non-hydrogen) atoms. The zero-order valence-electron chi connectivity index (χ0n) is 7.77. The van der Waals surface area contributed by atoms with Crippen LogP contribution in [0.1, 0.15) is 18.4 Å². The third kappa shape index (κ3) is 2.96. The van der Waals surface area contributed by atoms with Gasteiger partial charge in [-0.05, 0) is 35.6 Å². The van der Waals surface area contributed by atoms with Crippen molar-refractivity contribution in [2.24, 2.45) is 5.10 Å². The fraction of sp³-hybridized carbons (Fsp3) is 0.300. The molecule has 1 aromatic carbocycles. The number of rotatable bonds is 4. The van der Waals surface area contributed by atoms with Gasteiger partial charge in [0.15, 0.2) is 0 Å². The number of aryl methyl sites for hydroxylation is 1. The SMILES string of the molecule is c1ccc(CCCC2=NNSS2)cc1. The Morgan fingerprint density at radius 3 is 2.71 bits per heavy atom. The Morgan fingerprint density at radius 2 is 2.00 bits per heavy atom. The van der Waals surface area contributed by atoms with Gasteiger partial charge in [-0.15, -0.1) is 0 Å². The van der Waals surface area contributed by atoms with Crippen molar-refractivity contribution in [3.05, 3.63) is 35.9 Å². The van der Waals surface area contributed by atoms with E-state index in [2.05, 4.69) is 40.3 Å². The van der Waals surface area contributed by atoms with Crippen LogP contribution < -0.4 is 4.83 Å². The summed E-state index contributed by atoms with van der Waals surface area (Å²) in [7, 11) is 3.32. The molecule has 2 nitrogen and oxygen atoms in total. The summed E-state index contributed by atoms with van der Waals surface area (Å²) in [4.78, 5) is 2.89. The van der Waals surface area contributed by atoms with E-state index in [-0.39, 0.29) is 0 Å². The van der Waals surface area contributed by atoms with Gasteiger partial charge in [-0.1, -0.05) is 30.3 Å². The Balaban J connectivity index is 1.73. The van der Waals surface area contributed by atoms with E-state index in [1.807, 2.05) is 0 Å². The topological polar surface area (TPSA) is 24.4 Å². The van der Waals surface area contributed by atoms with Crippen molar-refractivity contribution in [3.8, 4) is 0 Å². The largest absolute Gasteiger partial charge is 0.241 e. The summed E-state index contributed by atoms with van der Waals surface area (Å²) < 4.78 is 0. The molecule has 0 amide bonds. The Morgan fingerprint density at radius 1 is 1.14 bits per heavy atom. The minimum Gasteiger partial charge on any atom is -0.241 e. The highest BCUT2D eigenvalue weighted by atomic mass is 33.1. The van der Waals surface area contributed by atoms with Gasteiger partial charge < -0.3 is 0 Å². The van der Waals surface area contributed by atoms with Gasteiger partial charge in [0.1, 0.15) is 5.04 Å². The van der Waals surface area contributed by atoms with E-state index in [1.54, 1.807) is 21.8 Å². The van der Waals surface area contributed by atoms with Crippen LogP contribution in [0.4, 0.5) is 0 Å². The van der Waals surface area contributed by atoms with Crippen molar-refractivity contribution in [3.63, 3.8) is 0 Å². The van der Waals surface area contributed by atoms with Crippen LogP contribution in [0.15, 0.2) is 35.4 Å².